The van der Waals surface area contributed by atoms with E-state index in [1.54, 1.807) is 0 Å². The van der Waals surface area contributed by atoms with Crippen molar-refractivity contribution in [1.82, 2.24) is 14.8 Å². The molecule has 2 aromatic rings. The third-order valence-electron chi connectivity index (χ3n) is 2.45. The molecule has 19 heavy (non-hydrogen) atoms. The van der Waals surface area contributed by atoms with E-state index in [9.17, 15) is 4.39 Å². The number of rotatable bonds is 4. The topological polar surface area (TPSA) is 63.7 Å². The number of methoxy groups -OCH3 is 1. The van der Waals surface area contributed by atoms with E-state index in [1.165, 1.54) is 42.0 Å². The average Bonchev–Trinajstić information content (AvgIpc) is 2.86. The van der Waals surface area contributed by atoms with Gasteiger partial charge in [-0.15, -0.1) is 16.9 Å². The van der Waals surface area contributed by atoms with Crippen LogP contribution in [-0.4, -0.2) is 28.1 Å². The Kier molecular flexibility index (Phi) is 4.02. The van der Waals surface area contributed by atoms with Crippen molar-refractivity contribution in [1.29, 1.82) is 5.26 Å². The van der Waals surface area contributed by atoms with E-state index in [1.807, 2.05) is 12.3 Å². The smallest absolute Gasteiger partial charge is 0.185 e. The van der Waals surface area contributed by atoms with Crippen LogP contribution >= 0.6 is 11.8 Å². The van der Waals surface area contributed by atoms with E-state index in [0.29, 0.717) is 22.0 Å². The summed E-state index contributed by atoms with van der Waals surface area (Å²) in [4.78, 5) is 4.75. The largest absolute Gasteiger partial charge is 0.495 e. The zero-order chi connectivity index (χ0) is 13.8. The number of nitrogens with zero attached hydrogens (tertiary/aromatic N) is 4. The summed E-state index contributed by atoms with van der Waals surface area (Å²) in [7, 11) is 1.52. The molecule has 1 heterocycles. The molecule has 0 unspecified atom stereocenters. The molecule has 1 aromatic heterocycles. The summed E-state index contributed by atoms with van der Waals surface area (Å²) >= 11 is 1.38. The minimum absolute atomic E-state index is 0.0972. The molecule has 0 N–H and O–H groups in total. The molecule has 0 spiro atoms. The highest BCUT2D eigenvalue weighted by atomic mass is 32.2. The fourth-order valence-corrected chi connectivity index (χ4v) is 2.27. The Morgan fingerprint density at radius 2 is 2.32 bits per heavy atom. The van der Waals surface area contributed by atoms with Crippen LogP contribution in [0.15, 0.2) is 23.4 Å². The van der Waals surface area contributed by atoms with Gasteiger partial charge in [0.05, 0.1) is 23.6 Å². The van der Waals surface area contributed by atoms with Crippen molar-refractivity contribution in [2.75, 3.05) is 13.4 Å². The molecule has 2 rings (SSSR count). The van der Waals surface area contributed by atoms with E-state index < -0.39 is 0 Å². The normalized spacial score (nSPS) is 10.2. The molecule has 0 saturated carbocycles. The number of ether oxygens (including phenoxy) is 1. The van der Waals surface area contributed by atoms with Gasteiger partial charge < -0.3 is 4.74 Å². The molecule has 0 bridgehead atoms. The molecule has 98 valence electrons. The average molecular weight is 278 g/mol. The first kappa shape index (κ1) is 13.4. The van der Waals surface area contributed by atoms with Gasteiger partial charge in [-0.1, -0.05) is 0 Å². The molecule has 0 aliphatic carbocycles. The van der Waals surface area contributed by atoms with Crippen LogP contribution in [0.5, 0.6) is 5.75 Å². The van der Waals surface area contributed by atoms with Gasteiger partial charge in [0.1, 0.15) is 24.4 Å². The van der Waals surface area contributed by atoms with Gasteiger partial charge in [0.15, 0.2) is 5.82 Å². The first-order valence-corrected chi connectivity index (χ1v) is 6.60. The number of halogens is 1. The molecule has 0 aliphatic rings. The van der Waals surface area contributed by atoms with Crippen LogP contribution in [-0.2, 0) is 6.54 Å². The number of hydrogen-bond acceptors (Lipinski definition) is 5. The third-order valence-corrected chi connectivity index (χ3v) is 3.20. The first-order valence-electron chi connectivity index (χ1n) is 5.38. The Balaban J connectivity index is 2.53. The van der Waals surface area contributed by atoms with Gasteiger partial charge in [-0.25, -0.2) is 14.1 Å². The third kappa shape index (κ3) is 2.69. The van der Waals surface area contributed by atoms with E-state index in [4.69, 9.17) is 10.00 Å². The lowest BCUT2D eigenvalue weighted by Crippen LogP contribution is -1.97. The summed E-state index contributed by atoms with van der Waals surface area (Å²) in [5, 5.41) is 12.7. The van der Waals surface area contributed by atoms with Crippen molar-refractivity contribution in [3.8, 4) is 23.2 Å². The minimum Gasteiger partial charge on any atom is -0.495 e. The molecular formula is C12H11FN4OS. The summed E-state index contributed by atoms with van der Waals surface area (Å²) in [5.41, 5.74) is 0.475. The Labute approximate surface area is 114 Å². The lowest BCUT2D eigenvalue weighted by molar-refractivity contribution is 0.404. The number of thioether (sulfide) groups is 1. The molecule has 7 heteroatoms. The summed E-state index contributed by atoms with van der Waals surface area (Å²) < 4.78 is 20.3. The van der Waals surface area contributed by atoms with Crippen LogP contribution in [0, 0.1) is 17.1 Å². The maximum atomic E-state index is 13.6. The van der Waals surface area contributed by atoms with Crippen LogP contribution in [0.25, 0.3) is 11.4 Å². The monoisotopic (exact) mass is 278 g/mol. The van der Waals surface area contributed by atoms with Gasteiger partial charge in [-0.2, -0.15) is 5.26 Å². The molecule has 0 aliphatic heterocycles. The summed E-state index contributed by atoms with van der Waals surface area (Å²) in [6.45, 7) is 0.0972. The Bertz CT molecular complexity index is 635. The molecule has 1 aromatic carbocycles. The number of nitriles is 1. The van der Waals surface area contributed by atoms with Crippen LogP contribution in [0.4, 0.5) is 4.39 Å². The van der Waals surface area contributed by atoms with Crippen molar-refractivity contribution in [3.05, 3.63) is 24.3 Å². The molecule has 0 amide bonds. The maximum absolute atomic E-state index is 13.6. The highest BCUT2D eigenvalue weighted by molar-refractivity contribution is 7.98. The van der Waals surface area contributed by atoms with E-state index in [-0.39, 0.29) is 12.4 Å². The van der Waals surface area contributed by atoms with Crippen molar-refractivity contribution in [2.45, 2.75) is 11.4 Å². The molecular weight excluding hydrogens is 267 g/mol. The zero-order valence-electron chi connectivity index (χ0n) is 10.4. The number of benzene rings is 1. The SMILES string of the molecule is COc1c(SC)cc(F)cc1-c1ncn(CC#N)n1. The van der Waals surface area contributed by atoms with Gasteiger partial charge >= 0.3 is 0 Å². The summed E-state index contributed by atoms with van der Waals surface area (Å²) in [6, 6.07) is 4.69. The van der Waals surface area contributed by atoms with Gasteiger partial charge in [0.25, 0.3) is 0 Å². The van der Waals surface area contributed by atoms with Crippen molar-refractivity contribution >= 4 is 11.8 Å². The van der Waals surface area contributed by atoms with Crippen molar-refractivity contribution in [3.63, 3.8) is 0 Å². The quantitative estimate of drug-likeness (QED) is 0.803. The Morgan fingerprint density at radius 3 is 2.95 bits per heavy atom. The molecule has 5 nitrogen and oxygen atoms in total. The first-order chi connectivity index (χ1) is 9.19. The Hall–Kier alpha value is -2.07. The van der Waals surface area contributed by atoms with Crippen LogP contribution in [0.1, 0.15) is 0 Å². The second-order valence-corrected chi connectivity index (χ2v) is 4.46. The Morgan fingerprint density at radius 1 is 1.53 bits per heavy atom. The fraction of sp³-hybridized carbons (Fsp3) is 0.250. The molecule has 0 saturated heterocycles. The van der Waals surface area contributed by atoms with E-state index >= 15 is 0 Å². The lowest BCUT2D eigenvalue weighted by atomic mass is 10.2. The van der Waals surface area contributed by atoms with Gasteiger partial charge in [0.2, 0.25) is 0 Å². The van der Waals surface area contributed by atoms with Crippen LogP contribution in [0.3, 0.4) is 0 Å². The van der Waals surface area contributed by atoms with Crippen molar-refractivity contribution < 1.29 is 9.13 Å². The predicted octanol–water partition coefficient (Wildman–Crippen LogP) is 2.34. The van der Waals surface area contributed by atoms with Gasteiger partial charge in [-0.3, -0.25) is 0 Å². The van der Waals surface area contributed by atoms with Gasteiger partial charge in [0, 0.05) is 0 Å². The number of hydrogen-bond donors (Lipinski definition) is 0. The fourth-order valence-electron chi connectivity index (χ4n) is 1.66. The highest BCUT2D eigenvalue weighted by Crippen LogP contribution is 2.37. The summed E-state index contributed by atoms with van der Waals surface area (Å²) in [5.74, 6) is 0.488. The van der Waals surface area contributed by atoms with Crippen molar-refractivity contribution in [2.24, 2.45) is 0 Å². The predicted molar refractivity (Wildman–Crippen MR) is 69.4 cm³/mol. The highest BCUT2D eigenvalue weighted by Gasteiger charge is 2.16. The molecule has 0 fully saturated rings. The van der Waals surface area contributed by atoms with E-state index in [0.717, 1.165) is 0 Å². The van der Waals surface area contributed by atoms with Crippen LogP contribution in [0.2, 0.25) is 0 Å². The number of aromatic nitrogens is 3. The minimum atomic E-state index is -0.378. The van der Waals surface area contributed by atoms with Gasteiger partial charge in [-0.05, 0) is 18.4 Å². The van der Waals surface area contributed by atoms with E-state index in [2.05, 4.69) is 10.1 Å². The summed E-state index contributed by atoms with van der Waals surface area (Å²) in [6.07, 6.45) is 3.27. The standard InChI is InChI=1S/C12H11FN4OS/c1-18-11-9(5-8(13)6-10(11)19-2)12-15-7-17(16-12)4-3-14/h5-7H,4H2,1-2H3. The van der Waals surface area contributed by atoms with Crippen LogP contribution < -0.4 is 4.74 Å². The molecule has 0 atom stereocenters. The second kappa shape index (κ2) is 5.71. The molecule has 0 radical (unpaired) electrons. The second-order valence-electron chi connectivity index (χ2n) is 3.61. The zero-order valence-corrected chi connectivity index (χ0v) is 11.2. The maximum Gasteiger partial charge on any atom is 0.185 e. The lowest BCUT2D eigenvalue weighted by Gasteiger charge is -2.10.